The van der Waals surface area contributed by atoms with Gasteiger partial charge in [-0.25, -0.2) is 0 Å². The van der Waals surface area contributed by atoms with Crippen LogP contribution >= 0.6 is 11.5 Å². The number of nitrogens with one attached hydrogen (secondary N) is 1. The topological polar surface area (TPSA) is 84.0 Å². The van der Waals surface area contributed by atoms with Gasteiger partial charge in [0.25, 0.3) is 0 Å². The summed E-state index contributed by atoms with van der Waals surface area (Å²) in [5, 5.41) is 13.0. The highest BCUT2D eigenvalue weighted by atomic mass is 32.1. The van der Waals surface area contributed by atoms with Crippen LogP contribution in [0.15, 0.2) is 0 Å². The lowest BCUT2D eigenvalue weighted by molar-refractivity contribution is 0.0900. The van der Waals surface area contributed by atoms with E-state index >= 15 is 0 Å². The maximum atomic E-state index is 8.95. The van der Waals surface area contributed by atoms with E-state index in [1.165, 1.54) is 11.5 Å². The van der Waals surface area contributed by atoms with Crippen LogP contribution in [0.3, 0.4) is 0 Å². The molecule has 2 rings (SSSR count). The molecule has 5 nitrogen and oxygen atoms in total. The Morgan fingerprint density at radius 3 is 3.24 bits per heavy atom. The largest absolute Gasteiger partial charge is 0.382 e. The van der Waals surface area contributed by atoms with Gasteiger partial charge < -0.3 is 15.8 Å². The van der Waals surface area contributed by atoms with Crippen LogP contribution in [-0.2, 0) is 4.74 Å². The summed E-state index contributed by atoms with van der Waals surface area (Å²) in [5.74, 6) is 0.824. The number of ether oxygens (including phenoxy) is 1. The molecule has 2 unspecified atom stereocenters. The number of hydrogen-bond donors (Lipinski definition) is 2. The number of anilines is 2. The lowest BCUT2D eigenvalue weighted by Gasteiger charge is -2.17. The molecule has 2 heterocycles. The van der Waals surface area contributed by atoms with E-state index in [4.69, 9.17) is 15.7 Å². The number of aromatic nitrogens is 1. The Hall–Kier alpha value is -1.32. The van der Waals surface area contributed by atoms with Gasteiger partial charge in [0.2, 0.25) is 0 Å². The predicted molar refractivity (Wildman–Crippen MR) is 67.9 cm³/mol. The molecule has 3 N–H and O–H groups in total. The monoisotopic (exact) mass is 252 g/mol. The van der Waals surface area contributed by atoms with Crippen molar-refractivity contribution in [3.8, 4) is 6.07 Å². The predicted octanol–water partition coefficient (Wildman–Crippen LogP) is 1.82. The van der Waals surface area contributed by atoms with Crippen molar-refractivity contribution < 1.29 is 4.74 Å². The summed E-state index contributed by atoms with van der Waals surface area (Å²) < 4.78 is 9.60. The smallest absolute Gasteiger partial charge is 0.157 e. The minimum Gasteiger partial charge on any atom is -0.382 e. The van der Waals surface area contributed by atoms with Crippen LogP contribution in [0, 0.1) is 17.2 Å². The van der Waals surface area contributed by atoms with Gasteiger partial charge in [-0.3, -0.25) is 0 Å². The molecule has 1 fully saturated rings. The molecule has 0 spiro atoms. The molecule has 1 saturated heterocycles. The Kier molecular flexibility index (Phi) is 3.82. The molecule has 1 aromatic rings. The van der Waals surface area contributed by atoms with E-state index in [2.05, 4.69) is 22.7 Å². The standard InChI is InChI=1S/C11H16N4OS/c1-2-9-7(3-4-16-9)6-14-11-8(5-12)10(13)15-17-11/h7,9,14H,2-4,6H2,1H3,(H2,13,15). The molecule has 0 amide bonds. The summed E-state index contributed by atoms with van der Waals surface area (Å²) in [6.45, 7) is 3.78. The van der Waals surface area contributed by atoms with Crippen molar-refractivity contribution in [2.45, 2.75) is 25.9 Å². The second-order valence-electron chi connectivity index (χ2n) is 4.13. The molecule has 0 saturated carbocycles. The van der Waals surface area contributed by atoms with Crippen LogP contribution < -0.4 is 11.1 Å². The van der Waals surface area contributed by atoms with Gasteiger partial charge in [-0.1, -0.05) is 6.92 Å². The van der Waals surface area contributed by atoms with Crippen LogP contribution in [0.1, 0.15) is 25.3 Å². The lowest BCUT2D eigenvalue weighted by Crippen LogP contribution is -2.22. The fraction of sp³-hybridized carbons (Fsp3) is 0.636. The van der Waals surface area contributed by atoms with E-state index in [1.807, 2.05) is 0 Å². The van der Waals surface area contributed by atoms with Crippen LogP contribution in [0.4, 0.5) is 10.8 Å². The Balaban J connectivity index is 1.96. The molecule has 0 aromatic carbocycles. The van der Waals surface area contributed by atoms with Crippen LogP contribution in [0.2, 0.25) is 0 Å². The third-order valence-corrected chi connectivity index (χ3v) is 3.92. The van der Waals surface area contributed by atoms with E-state index in [-0.39, 0.29) is 0 Å². The van der Waals surface area contributed by atoms with Gasteiger partial charge in [0.15, 0.2) is 5.82 Å². The Labute approximate surface area is 105 Å². The zero-order valence-electron chi connectivity index (χ0n) is 9.77. The summed E-state index contributed by atoms with van der Waals surface area (Å²) in [6.07, 6.45) is 2.43. The molecular formula is C11H16N4OS. The van der Waals surface area contributed by atoms with Crippen molar-refractivity contribution in [3.05, 3.63) is 5.56 Å². The van der Waals surface area contributed by atoms with E-state index in [9.17, 15) is 0 Å². The summed E-state index contributed by atoms with van der Waals surface area (Å²) >= 11 is 1.24. The Bertz CT molecular complexity index is 426. The number of nitrogens with two attached hydrogens (primary N) is 1. The molecule has 0 bridgehead atoms. The molecule has 2 atom stereocenters. The quantitative estimate of drug-likeness (QED) is 0.854. The van der Waals surface area contributed by atoms with E-state index in [1.54, 1.807) is 0 Å². The molecule has 1 aromatic heterocycles. The van der Waals surface area contributed by atoms with Crippen LogP contribution in [-0.4, -0.2) is 23.6 Å². The zero-order chi connectivity index (χ0) is 12.3. The fourth-order valence-corrected chi connectivity index (χ4v) is 2.80. The normalized spacial score (nSPS) is 23.5. The molecule has 0 aliphatic carbocycles. The van der Waals surface area contributed by atoms with Crippen molar-refractivity contribution in [1.29, 1.82) is 5.26 Å². The van der Waals surface area contributed by atoms with Crippen molar-refractivity contribution in [2.75, 3.05) is 24.2 Å². The van der Waals surface area contributed by atoms with Crippen LogP contribution in [0.5, 0.6) is 0 Å². The highest BCUT2D eigenvalue weighted by Crippen LogP contribution is 2.28. The van der Waals surface area contributed by atoms with E-state index < -0.39 is 0 Å². The average Bonchev–Trinajstić information content (AvgIpc) is 2.92. The highest BCUT2D eigenvalue weighted by Gasteiger charge is 2.26. The second-order valence-corrected chi connectivity index (χ2v) is 4.90. The third kappa shape index (κ3) is 2.51. The highest BCUT2D eigenvalue weighted by molar-refractivity contribution is 7.10. The van der Waals surface area contributed by atoms with Crippen molar-refractivity contribution in [2.24, 2.45) is 5.92 Å². The third-order valence-electron chi connectivity index (χ3n) is 3.10. The molecular weight excluding hydrogens is 236 g/mol. The van der Waals surface area contributed by atoms with Crippen molar-refractivity contribution in [1.82, 2.24) is 4.37 Å². The minimum atomic E-state index is 0.315. The number of nitrogen functional groups attached to an aromatic ring is 1. The van der Waals surface area contributed by atoms with Gasteiger partial charge in [-0.15, -0.1) is 0 Å². The van der Waals surface area contributed by atoms with Gasteiger partial charge >= 0.3 is 0 Å². The number of rotatable bonds is 4. The molecule has 92 valence electrons. The SMILES string of the molecule is CCC1OCCC1CNc1snc(N)c1C#N. The molecule has 1 aliphatic heterocycles. The van der Waals surface area contributed by atoms with E-state index in [0.717, 1.165) is 31.0 Å². The number of hydrogen-bond acceptors (Lipinski definition) is 6. The summed E-state index contributed by atoms with van der Waals surface area (Å²) in [5.41, 5.74) is 6.06. The summed E-state index contributed by atoms with van der Waals surface area (Å²) in [6, 6.07) is 2.07. The maximum absolute atomic E-state index is 8.95. The first kappa shape index (κ1) is 12.1. The van der Waals surface area contributed by atoms with Gasteiger partial charge in [0, 0.05) is 19.1 Å². The van der Waals surface area contributed by atoms with Gasteiger partial charge in [0.05, 0.1) is 6.10 Å². The van der Waals surface area contributed by atoms with E-state index in [0.29, 0.717) is 23.4 Å². The first-order valence-corrected chi connectivity index (χ1v) is 6.54. The Morgan fingerprint density at radius 2 is 2.53 bits per heavy atom. The first-order valence-electron chi connectivity index (χ1n) is 5.77. The number of nitrogens with zero attached hydrogens (tertiary/aromatic N) is 2. The van der Waals surface area contributed by atoms with Crippen LogP contribution in [0.25, 0.3) is 0 Å². The molecule has 1 aliphatic rings. The lowest BCUT2D eigenvalue weighted by atomic mass is 10.00. The second kappa shape index (κ2) is 5.34. The summed E-state index contributed by atoms with van der Waals surface area (Å²) in [4.78, 5) is 0. The van der Waals surface area contributed by atoms with Gasteiger partial charge in [-0.05, 0) is 24.4 Å². The van der Waals surface area contributed by atoms with Gasteiger partial charge in [0.1, 0.15) is 16.6 Å². The molecule has 17 heavy (non-hydrogen) atoms. The summed E-state index contributed by atoms with van der Waals surface area (Å²) in [7, 11) is 0. The van der Waals surface area contributed by atoms with Crippen molar-refractivity contribution >= 4 is 22.4 Å². The number of nitriles is 1. The average molecular weight is 252 g/mol. The fourth-order valence-electron chi connectivity index (χ4n) is 2.13. The molecule has 0 radical (unpaired) electrons. The first-order chi connectivity index (χ1) is 8.26. The minimum absolute atomic E-state index is 0.315. The van der Waals surface area contributed by atoms with Crippen molar-refractivity contribution in [3.63, 3.8) is 0 Å². The van der Waals surface area contributed by atoms with Gasteiger partial charge in [-0.2, -0.15) is 9.64 Å². The molecule has 6 heteroatoms. The zero-order valence-corrected chi connectivity index (χ0v) is 10.6. The maximum Gasteiger partial charge on any atom is 0.157 e. The Morgan fingerprint density at radius 1 is 1.71 bits per heavy atom.